The zero-order chi connectivity index (χ0) is 20.9. The smallest absolute Gasteiger partial charge is 0.340 e. The third-order valence-corrected chi connectivity index (χ3v) is 5.92. The molecule has 0 bridgehead atoms. The van der Waals surface area contributed by atoms with Crippen LogP contribution in [0.5, 0.6) is 0 Å². The molecule has 1 unspecified atom stereocenters. The highest BCUT2D eigenvalue weighted by atomic mass is 16.4. The molecule has 1 N–H and O–H groups in total. The van der Waals surface area contributed by atoms with E-state index >= 15 is 0 Å². The van der Waals surface area contributed by atoms with Crippen LogP contribution in [0.2, 0.25) is 0 Å². The largest absolute Gasteiger partial charge is 0.481 e. The van der Waals surface area contributed by atoms with Gasteiger partial charge in [-0.05, 0) is 56.4 Å². The lowest BCUT2D eigenvalue weighted by atomic mass is 9.96. The van der Waals surface area contributed by atoms with Gasteiger partial charge < -0.3 is 18.8 Å². The minimum atomic E-state index is -0.894. The highest BCUT2D eigenvalue weighted by Crippen LogP contribution is 2.34. The van der Waals surface area contributed by atoms with Crippen LogP contribution in [0.3, 0.4) is 0 Å². The molecule has 3 aromatic rings. The van der Waals surface area contributed by atoms with E-state index in [1.165, 1.54) is 4.90 Å². The maximum absolute atomic E-state index is 12.8. The van der Waals surface area contributed by atoms with Crippen molar-refractivity contribution in [2.75, 3.05) is 13.1 Å². The van der Waals surface area contributed by atoms with E-state index in [4.69, 9.17) is 8.83 Å². The van der Waals surface area contributed by atoms with E-state index in [9.17, 15) is 19.5 Å². The molecule has 0 spiro atoms. The van der Waals surface area contributed by atoms with Crippen LogP contribution >= 0.6 is 0 Å². The molecule has 152 valence electrons. The van der Waals surface area contributed by atoms with E-state index in [-0.39, 0.29) is 18.9 Å². The molecular formula is C22H23NO6. The van der Waals surface area contributed by atoms with Gasteiger partial charge in [0, 0.05) is 18.5 Å². The summed E-state index contributed by atoms with van der Waals surface area (Å²) >= 11 is 0. The summed E-state index contributed by atoms with van der Waals surface area (Å²) in [6.07, 6.45) is 2.75. The second-order valence-corrected chi connectivity index (χ2v) is 7.88. The predicted octanol–water partition coefficient (Wildman–Crippen LogP) is 3.33. The van der Waals surface area contributed by atoms with Crippen molar-refractivity contribution in [3.8, 4) is 0 Å². The quantitative estimate of drug-likeness (QED) is 0.681. The molecule has 7 heteroatoms. The zero-order valence-electron chi connectivity index (χ0n) is 16.7. The molecule has 7 nitrogen and oxygen atoms in total. The lowest BCUT2D eigenvalue weighted by molar-refractivity contribution is -0.145. The summed E-state index contributed by atoms with van der Waals surface area (Å²) in [5.74, 6) is -1.71. The van der Waals surface area contributed by atoms with Crippen molar-refractivity contribution < 1.29 is 23.5 Å². The number of likely N-dealkylation sites (tertiary alicyclic amines) is 1. The molecule has 2 aromatic heterocycles. The number of rotatable bonds is 3. The minimum absolute atomic E-state index is 0.120. The van der Waals surface area contributed by atoms with Gasteiger partial charge in [0.25, 0.3) is 0 Å². The second kappa shape index (κ2) is 7.06. The van der Waals surface area contributed by atoms with E-state index in [0.717, 1.165) is 16.5 Å². The number of carboxylic acids is 1. The normalized spacial score (nSPS) is 17.2. The monoisotopic (exact) mass is 397 g/mol. The fraction of sp³-hybridized carbons (Fsp3) is 0.409. The standard InChI is InChI=1S/C22H23NO6/c1-11-7-16-19(20-18(11)12(2)10-28-20)13(3)15(22(27)29-16)8-17(24)23-6-4-5-14(9-23)21(25)26/h7,10,14H,4-6,8-9H2,1-3H3,(H,25,26). The van der Waals surface area contributed by atoms with Gasteiger partial charge in [0.2, 0.25) is 5.91 Å². The van der Waals surface area contributed by atoms with Crippen molar-refractivity contribution in [2.45, 2.75) is 40.0 Å². The van der Waals surface area contributed by atoms with E-state index in [1.807, 2.05) is 19.9 Å². The summed E-state index contributed by atoms with van der Waals surface area (Å²) in [6.45, 7) is 6.37. The van der Waals surface area contributed by atoms with Crippen molar-refractivity contribution in [2.24, 2.45) is 5.92 Å². The maximum Gasteiger partial charge on any atom is 0.340 e. The Labute approximate surface area is 166 Å². The Hall–Kier alpha value is -3.09. The van der Waals surface area contributed by atoms with Crippen LogP contribution in [0.1, 0.15) is 35.1 Å². The number of benzene rings is 1. The average Bonchev–Trinajstić information content (AvgIpc) is 3.07. The topological polar surface area (TPSA) is 101 Å². The van der Waals surface area contributed by atoms with Crippen LogP contribution in [0.15, 0.2) is 26.0 Å². The lowest BCUT2D eigenvalue weighted by Crippen LogP contribution is -2.43. The molecule has 0 saturated carbocycles. The molecule has 1 aliphatic heterocycles. The molecule has 4 rings (SSSR count). The average molecular weight is 397 g/mol. The molecule has 1 amide bonds. The molecular weight excluding hydrogens is 374 g/mol. The van der Waals surface area contributed by atoms with Gasteiger partial charge in [-0.15, -0.1) is 0 Å². The van der Waals surface area contributed by atoms with Crippen LogP contribution in [0.25, 0.3) is 21.9 Å². The van der Waals surface area contributed by atoms with Crippen molar-refractivity contribution in [3.05, 3.63) is 45.0 Å². The molecule has 3 heterocycles. The first-order valence-corrected chi connectivity index (χ1v) is 9.72. The first-order valence-electron chi connectivity index (χ1n) is 9.72. The molecule has 0 aliphatic carbocycles. The lowest BCUT2D eigenvalue weighted by Gasteiger charge is -2.30. The maximum atomic E-state index is 12.8. The molecule has 1 fully saturated rings. The Balaban J connectivity index is 1.75. The second-order valence-electron chi connectivity index (χ2n) is 7.88. The number of hydrogen-bond donors (Lipinski definition) is 1. The predicted molar refractivity (Wildman–Crippen MR) is 107 cm³/mol. The van der Waals surface area contributed by atoms with E-state index in [1.54, 1.807) is 13.2 Å². The number of piperidine rings is 1. The van der Waals surface area contributed by atoms with Gasteiger partial charge in [0.05, 0.1) is 29.6 Å². The highest BCUT2D eigenvalue weighted by molar-refractivity contribution is 6.07. The van der Waals surface area contributed by atoms with Crippen LogP contribution in [-0.2, 0) is 16.0 Å². The molecule has 1 saturated heterocycles. The number of fused-ring (bicyclic) bond motifs is 3. The molecule has 1 aliphatic rings. The Bertz CT molecular complexity index is 1200. The van der Waals surface area contributed by atoms with Crippen LogP contribution in [-0.4, -0.2) is 35.0 Å². The van der Waals surface area contributed by atoms with E-state index < -0.39 is 17.5 Å². The summed E-state index contributed by atoms with van der Waals surface area (Å²) in [4.78, 5) is 38.3. The van der Waals surface area contributed by atoms with Crippen molar-refractivity contribution in [1.82, 2.24) is 4.90 Å². The molecule has 0 radical (unpaired) electrons. The summed E-state index contributed by atoms with van der Waals surface area (Å²) in [6, 6.07) is 1.82. The number of nitrogens with zero attached hydrogens (tertiary/aromatic N) is 1. The van der Waals surface area contributed by atoms with Crippen molar-refractivity contribution >= 4 is 33.8 Å². The zero-order valence-corrected chi connectivity index (χ0v) is 16.7. The number of carbonyl (C=O) groups is 2. The van der Waals surface area contributed by atoms with Gasteiger partial charge in [0.1, 0.15) is 11.2 Å². The number of amides is 1. The van der Waals surface area contributed by atoms with Gasteiger partial charge in [-0.2, -0.15) is 0 Å². The Kier molecular flexibility index (Phi) is 4.68. The number of carboxylic acid groups (broad SMARTS) is 1. The van der Waals surface area contributed by atoms with Gasteiger partial charge in [-0.1, -0.05) is 0 Å². The van der Waals surface area contributed by atoms with Gasteiger partial charge in [0.15, 0.2) is 0 Å². The van der Waals surface area contributed by atoms with Gasteiger partial charge in [-0.3, -0.25) is 9.59 Å². The van der Waals surface area contributed by atoms with Gasteiger partial charge in [-0.25, -0.2) is 4.79 Å². The summed E-state index contributed by atoms with van der Waals surface area (Å²) in [7, 11) is 0. The van der Waals surface area contributed by atoms with Crippen LogP contribution < -0.4 is 5.63 Å². The molecule has 29 heavy (non-hydrogen) atoms. The fourth-order valence-electron chi connectivity index (χ4n) is 4.35. The van der Waals surface area contributed by atoms with Crippen molar-refractivity contribution in [3.63, 3.8) is 0 Å². The van der Waals surface area contributed by atoms with Crippen LogP contribution in [0.4, 0.5) is 0 Å². The first-order chi connectivity index (χ1) is 13.8. The van der Waals surface area contributed by atoms with Crippen molar-refractivity contribution in [1.29, 1.82) is 0 Å². The fourth-order valence-corrected chi connectivity index (χ4v) is 4.35. The molecule has 1 atom stereocenters. The third kappa shape index (κ3) is 3.20. The van der Waals surface area contributed by atoms with Crippen LogP contribution in [0, 0.1) is 26.7 Å². The summed E-state index contributed by atoms with van der Waals surface area (Å²) in [5, 5.41) is 10.9. The number of carbonyl (C=O) groups excluding carboxylic acids is 1. The number of aliphatic carboxylic acids is 1. The molecule has 1 aromatic carbocycles. The SMILES string of the molecule is Cc1coc2c1c(C)cc1oc(=O)c(CC(=O)N3CCCC(C(=O)O)C3)c(C)c12. The van der Waals surface area contributed by atoms with Gasteiger partial charge >= 0.3 is 11.6 Å². The van der Waals surface area contributed by atoms with E-state index in [2.05, 4.69) is 0 Å². The Morgan fingerprint density at radius 2 is 1.97 bits per heavy atom. The summed E-state index contributed by atoms with van der Waals surface area (Å²) in [5.41, 5.74) is 3.45. The van der Waals surface area contributed by atoms with E-state index in [0.29, 0.717) is 47.1 Å². The minimum Gasteiger partial charge on any atom is -0.481 e. The Morgan fingerprint density at radius 1 is 1.21 bits per heavy atom. The summed E-state index contributed by atoms with van der Waals surface area (Å²) < 4.78 is 11.3. The number of aryl methyl sites for hydroxylation is 3. The Morgan fingerprint density at radius 3 is 2.69 bits per heavy atom. The highest BCUT2D eigenvalue weighted by Gasteiger charge is 2.29. The third-order valence-electron chi connectivity index (χ3n) is 5.92. The number of hydrogen-bond acceptors (Lipinski definition) is 5. The first kappa shape index (κ1) is 19.2. The number of furan rings is 1.